The highest BCUT2D eigenvalue weighted by molar-refractivity contribution is 7.99. The predicted octanol–water partition coefficient (Wildman–Crippen LogP) is 3.17. The first-order chi connectivity index (χ1) is 11.1. The maximum absolute atomic E-state index is 11.1. The van der Waals surface area contributed by atoms with E-state index in [9.17, 15) is 4.79 Å². The van der Waals surface area contributed by atoms with Crippen molar-refractivity contribution in [2.24, 2.45) is 5.73 Å². The van der Waals surface area contributed by atoms with Gasteiger partial charge >= 0.3 is 0 Å². The van der Waals surface area contributed by atoms with Crippen LogP contribution in [0.3, 0.4) is 0 Å². The average molecular weight is 345 g/mol. The van der Waals surface area contributed by atoms with Gasteiger partial charge in [-0.25, -0.2) is 0 Å². The van der Waals surface area contributed by atoms with Gasteiger partial charge in [0.25, 0.3) is 0 Å². The summed E-state index contributed by atoms with van der Waals surface area (Å²) in [7, 11) is 0. The number of hydrogen-bond donors (Lipinski definition) is 1. The number of benzene rings is 2. The molecule has 1 amide bonds. The normalized spacial score (nSPS) is 10.7. The molecule has 0 saturated heterocycles. The highest BCUT2D eigenvalue weighted by Crippen LogP contribution is 2.28. The zero-order valence-corrected chi connectivity index (χ0v) is 13.6. The number of nitrogens with zero attached hydrogens (tertiary/aromatic N) is 3. The third-order valence-electron chi connectivity index (χ3n) is 3.09. The van der Waals surface area contributed by atoms with Gasteiger partial charge in [0, 0.05) is 16.3 Å². The number of carbonyl (C=O) groups excluding carboxylic acids is 1. The van der Waals surface area contributed by atoms with Crippen LogP contribution in [0, 0.1) is 0 Å². The molecule has 2 N–H and O–H groups in total. The third kappa shape index (κ3) is 3.55. The number of hydrogen-bond acceptors (Lipinski definition) is 4. The molecule has 0 saturated carbocycles. The van der Waals surface area contributed by atoms with Gasteiger partial charge in [0.2, 0.25) is 5.91 Å². The molecule has 0 bridgehead atoms. The van der Waals surface area contributed by atoms with Crippen molar-refractivity contribution in [3.63, 3.8) is 0 Å². The zero-order chi connectivity index (χ0) is 16.2. The fourth-order valence-electron chi connectivity index (χ4n) is 2.10. The molecule has 0 aliphatic carbocycles. The lowest BCUT2D eigenvalue weighted by molar-refractivity contribution is -0.115. The molecule has 3 rings (SSSR count). The maximum atomic E-state index is 11.1. The van der Waals surface area contributed by atoms with E-state index < -0.39 is 5.91 Å². The molecule has 7 heteroatoms. The monoisotopic (exact) mass is 344 g/mol. The standard InChI is InChI=1S/C16H13ClN4OS/c17-12-6-8-13(9-7-12)21-15(11-4-2-1-3-5-11)19-20-16(21)23-10-14(18)22/h1-9H,10H2,(H2,18,22). The minimum absolute atomic E-state index is 0.139. The highest BCUT2D eigenvalue weighted by atomic mass is 35.5. The summed E-state index contributed by atoms with van der Waals surface area (Å²) < 4.78 is 1.89. The van der Waals surface area contributed by atoms with Crippen LogP contribution >= 0.6 is 23.4 Å². The van der Waals surface area contributed by atoms with Gasteiger partial charge in [-0.3, -0.25) is 9.36 Å². The molecule has 2 aromatic carbocycles. The number of carbonyl (C=O) groups is 1. The number of thioether (sulfide) groups is 1. The summed E-state index contributed by atoms with van der Waals surface area (Å²) in [6.07, 6.45) is 0. The van der Waals surface area contributed by atoms with Crippen molar-refractivity contribution in [2.75, 3.05) is 5.75 Å². The van der Waals surface area contributed by atoms with Gasteiger partial charge in [0.1, 0.15) is 0 Å². The largest absolute Gasteiger partial charge is 0.369 e. The SMILES string of the molecule is NC(=O)CSc1nnc(-c2ccccc2)n1-c1ccc(Cl)cc1. The minimum atomic E-state index is -0.401. The molecule has 0 unspecified atom stereocenters. The zero-order valence-electron chi connectivity index (χ0n) is 12.0. The summed E-state index contributed by atoms with van der Waals surface area (Å²) in [5.74, 6) is 0.433. The van der Waals surface area contributed by atoms with Crippen molar-refractivity contribution in [3.8, 4) is 17.1 Å². The van der Waals surface area contributed by atoms with Crippen LogP contribution in [0.2, 0.25) is 5.02 Å². The molecule has 0 atom stereocenters. The first kappa shape index (κ1) is 15.6. The Balaban J connectivity index is 2.10. The Hall–Kier alpha value is -2.31. The maximum Gasteiger partial charge on any atom is 0.227 e. The molecule has 3 aromatic rings. The summed E-state index contributed by atoms with van der Waals surface area (Å²) in [5, 5.41) is 9.72. The fourth-order valence-corrected chi connectivity index (χ4v) is 2.91. The van der Waals surface area contributed by atoms with Crippen molar-refractivity contribution in [2.45, 2.75) is 5.16 Å². The second-order valence-corrected chi connectivity index (χ2v) is 6.12. The molecule has 1 heterocycles. The minimum Gasteiger partial charge on any atom is -0.369 e. The topological polar surface area (TPSA) is 73.8 Å². The van der Waals surface area contributed by atoms with Crippen molar-refractivity contribution in [1.29, 1.82) is 0 Å². The Labute approximate surface area is 142 Å². The number of amides is 1. The van der Waals surface area contributed by atoms with E-state index in [1.165, 1.54) is 11.8 Å². The highest BCUT2D eigenvalue weighted by Gasteiger charge is 2.16. The summed E-state index contributed by atoms with van der Waals surface area (Å²) in [6.45, 7) is 0. The van der Waals surface area contributed by atoms with Gasteiger partial charge in [-0.2, -0.15) is 0 Å². The Kier molecular flexibility index (Phi) is 4.64. The lowest BCUT2D eigenvalue weighted by atomic mass is 10.2. The second kappa shape index (κ2) is 6.85. The first-order valence-electron chi connectivity index (χ1n) is 6.83. The summed E-state index contributed by atoms with van der Waals surface area (Å²) in [5.41, 5.74) is 7.03. The molecule has 116 valence electrons. The molecule has 0 fully saturated rings. The van der Waals surface area contributed by atoms with Gasteiger partial charge in [-0.1, -0.05) is 53.7 Å². The van der Waals surface area contributed by atoms with E-state index in [2.05, 4.69) is 10.2 Å². The number of rotatable bonds is 5. The van der Waals surface area contributed by atoms with E-state index in [0.717, 1.165) is 11.3 Å². The fraction of sp³-hybridized carbons (Fsp3) is 0.0625. The summed E-state index contributed by atoms with van der Waals surface area (Å²) in [6, 6.07) is 17.1. The first-order valence-corrected chi connectivity index (χ1v) is 8.19. The number of nitrogens with two attached hydrogens (primary N) is 1. The molecular weight excluding hydrogens is 332 g/mol. The lowest BCUT2D eigenvalue weighted by Gasteiger charge is -2.10. The van der Waals surface area contributed by atoms with Gasteiger partial charge in [-0.05, 0) is 24.3 Å². The van der Waals surface area contributed by atoms with E-state index in [-0.39, 0.29) is 5.75 Å². The molecule has 5 nitrogen and oxygen atoms in total. The summed E-state index contributed by atoms with van der Waals surface area (Å²) in [4.78, 5) is 11.1. The van der Waals surface area contributed by atoms with Crippen LogP contribution in [0.5, 0.6) is 0 Å². The Morgan fingerprint density at radius 2 is 1.78 bits per heavy atom. The molecule has 0 radical (unpaired) electrons. The molecule has 0 aliphatic heterocycles. The van der Waals surface area contributed by atoms with Crippen molar-refractivity contribution in [3.05, 3.63) is 59.6 Å². The molecule has 23 heavy (non-hydrogen) atoms. The van der Waals surface area contributed by atoms with Crippen LogP contribution < -0.4 is 5.73 Å². The van der Waals surface area contributed by atoms with Crippen LogP contribution in [0.15, 0.2) is 59.8 Å². The quantitative estimate of drug-likeness (QED) is 0.721. The smallest absolute Gasteiger partial charge is 0.227 e. The number of aromatic nitrogens is 3. The van der Waals surface area contributed by atoms with Crippen LogP contribution in [0.25, 0.3) is 17.1 Å². The van der Waals surface area contributed by atoms with E-state index in [1.54, 1.807) is 12.1 Å². The van der Waals surface area contributed by atoms with Crippen LogP contribution in [-0.2, 0) is 4.79 Å². The van der Waals surface area contributed by atoms with Gasteiger partial charge in [0.05, 0.1) is 5.75 Å². The van der Waals surface area contributed by atoms with Gasteiger partial charge in [0.15, 0.2) is 11.0 Å². The van der Waals surface area contributed by atoms with Crippen molar-refractivity contribution < 1.29 is 4.79 Å². The van der Waals surface area contributed by atoms with Crippen molar-refractivity contribution in [1.82, 2.24) is 14.8 Å². The number of halogens is 1. The summed E-state index contributed by atoms with van der Waals surface area (Å²) >= 11 is 7.22. The predicted molar refractivity (Wildman–Crippen MR) is 91.7 cm³/mol. The van der Waals surface area contributed by atoms with E-state index in [4.69, 9.17) is 17.3 Å². The Bertz CT molecular complexity index is 818. The molecular formula is C16H13ClN4OS. The molecule has 1 aromatic heterocycles. The second-order valence-electron chi connectivity index (χ2n) is 4.74. The molecule has 0 aliphatic rings. The van der Waals surface area contributed by atoms with Crippen LogP contribution in [0.1, 0.15) is 0 Å². The number of primary amides is 1. The van der Waals surface area contributed by atoms with Gasteiger partial charge in [-0.15, -0.1) is 10.2 Å². The van der Waals surface area contributed by atoms with Gasteiger partial charge < -0.3 is 5.73 Å². The van der Waals surface area contributed by atoms with E-state index >= 15 is 0 Å². The van der Waals surface area contributed by atoms with Crippen LogP contribution in [-0.4, -0.2) is 26.4 Å². The third-order valence-corrected chi connectivity index (χ3v) is 4.30. The van der Waals surface area contributed by atoms with E-state index in [1.807, 2.05) is 47.0 Å². The van der Waals surface area contributed by atoms with E-state index in [0.29, 0.717) is 16.0 Å². The lowest BCUT2D eigenvalue weighted by Crippen LogP contribution is -2.13. The Morgan fingerprint density at radius 1 is 1.09 bits per heavy atom. The molecule has 0 spiro atoms. The van der Waals surface area contributed by atoms with Crippen molar-refractivity contribution >= 4 is 29.3 Å². The average Bonchev–Trinajstić information content (AvgIpc) is 2.98. The Morgan fingerprint density at radius 3 is 2.43 bits per heavy atom. The van der Waals surface area contributed by atoms with Crippen LogP contribution in [0.4, 0.5) is 0 Å².